The van der Waals surface area contributed by atoms with E-state index in [1.807, 2.05) is 24.3 Å². The van der Waals surface area contributed by atoms with Gasteiger partial charge in [0.15, 0.2) is 0 Å². The molecule has 0 spiro atoms. The van der Waals surface area contributed by atoms with Crippen LogP contribution < -0.4 is 10.6 Å². The Morgan fingerprint density at radius 1 is 1.11 bits per heavy atom. The molecule has 2 aliphatic rings. The largest absolute Gasteiger partial charge is 0.416 e. The second kappa shape index (κ2) is 11.8. The zero-order chi connectivity index (χ0) is 27.3. The number of rotatable bonds is 8. The van der Waals surface area contributed by atoms with Crippen molar-refractivity contribution in [1.82, 2.24) is 15.5 Å². The van der Waals surface area contributed by atoms with Crippen molar-refractivity contribution >= 4 is 11.8 Å². The number of likely N-dealkylation sites (tertiary alicyclic amines) is 1. The molecule has 0 unspecified atom stereocenters. The molecule has 2 aromatic carbocycles. The van der Waals surface area contributed by atoms with Crippen LogP contribution in [0.3, 0.4) is 0 Å². The molecule has 2 fully saturated rings. The number of amides is 2. The molecule has 38 heavy (non-hydrogen) atoms. The highest BCUT2D eigenvalue weighted by molar-refractivity contribution is 5.96. The van der Waals surface area contributed by atoms with Gasteiger partial charge in [-0.25, -0.2) is 0 Å². The van der Waals surface area contributed by atoms with E-state index in [0.29, 0.717) is 32.0 Å². The van der Waals surface area contributed by atoms with Crippen LogP contribution in [0.5, 0.6) is 0 Å². The zero-order valence-electron chi connectivity index (χ0n) is 21.4. The first-order valence-corrected chi connectivity index (χ1v) is 12.9. The number of alkyl halides is 3. The predicted molar refractivity (Wildman–Crippen MR) is 135 cm³/mol. The maximum absolute atomic E-state index is 12.9. The molecule has 1 saturated carbocycles. The summed E-state index contributed by atoms with van der Waals surface area (Å²) in [7, 11) is 1.65. The van der Waals surface area contributed by atoms with Crippen LogP contribution >= 0.6 is 0 Å². The van der Waals surface area contributed by atoms with Crippen LogP contribution in [0.25, 0.3) is 0 Å². The number of carbonyl (C=O) groups excluding carboxylic acids is 2. The minimum absolute atomic E-state index is 0.0675. The Labute approximate surface area is 220 Å². The average Bonchev–Trinajstić information content (AvgIpc) is 3.36. The number of nitrogens with one attached hydrogen (secondary N) is 2. The van der Waals surface area contributed by atoms with E-state index in [4.69, 9.17) is 4.74 Å². The predicted octanol–water partition coefficient (Wildman–Crippen LogP) is 3.60. The van der Waals surface area contributed by atoms with E-state index in [9.17, 15) is 27.9 Å². The summed E-state index contributed by atoms with van der Waals surface area (Å²) in [5, 5.41) is 16.5. The van der Waals surface area contributed by atoms with Gasteiger partial charge in [-0.1, -0.05) is 30.3 Å². The van der Waals surface area contributed by atoms with Gasteiger partial charge in [-0.05, 0) is 61.4 Å². The first-order chi connectivity index (χ1) is 18.1. The molecule has 0 radical (unpaired) electrons. The van der Waals surface area contributed by atoms with Gasteiger partial charge < -0.3 is 20.5 Å². The standard InChI is InChI=1S/C28H34F3N3O4/c1-38-18-19-5-7-21(8-6-19)27(37)12-9-24(10-13-27)34-14-11-23(17-34)33-25(35)16-32-26(36)20-3-2-4-22(15-20)28(29,30)31/h2-8,15,23-24,37H,9-14,16-18H2,1H3,(H,32,36)(H,33,35)/t23-,24?,27?/m1/s1. The van der Waals surface area contributed by atoms with E-state index in [2.05, 4.69) is 15.5 Å². The maximum Gasteiger partial charge on any atom is 0.416 e. The summed E-state index contributed by atoms with van der Waals surface area (Å²) in [4.78, 5) is 27.0. The highest BCUT2D eigenvalue weighted by Gasteiger charge is 2.38. The van der Waals surface area contributed by atoms with Crippen molar-refractivity contribution < 1.29 is 32.6 Å². The fourth-order valence-corrected chi connectivity index (χ4v) is 5.43. The molecule has 4 rings (SSSR count). The van der Waals surface area contributed by atoms with E-state index in [-0.39, 0.29) is 24.1 Å². The van der Waals surface area contributed by atoms with Gasteiger partial charge in [0, 0.05) is 37.8 Å². The van der Waals surface area contributed by atoms with Crippen molar-refractivity contribution in [1.29, 1.82) is 0 Å². The fourth-order valence-electron chi connectivity index (χ4n) is 5.43. The van der Waals surface area contributed by atoms with Gasteiger partial charge in [0.05, 0.1) is 24.3 Å². The Balaban J connectivity index is 1.21. The summed E-state index contributed by atoms with van der Waals surface area (Å²) < 4.78 is 43.8. The van der Waals surface area contributed by atoms with E-state index in [1.54, 1.807) is 7.11 Å². The van der Waals surface area contributed by atoms with Crippen LogP contribution in [0.1, 0.15) is 59.2 Å². The number of methoxy groups -OCH3 is 1. The number of ether oxygens (including phenoxy) is 1. The number of carbonyl (C=O) groups is 2. The van der Waals surface area contributed by atoms with Gasteiger partial charge in [0.1, 0.15) is 0 Å². The van der Waals surface area contributed by atoms with Crippen molar-refractivity contribution in [3.63, 3.8) is 0 Å². The normalized spacial score (nSPS) is 24.2. The lowest BCUT2D eigenvalue weighted by atomic mass is 9.77. The summed E-state index contributed by atoms with van der Waals surface area (Å²) in [5.74, 6) is -1.12. The SMILES string of the molecule is COCc1ccc(C2(O)CCC(N3CC[C@@H](NC(=O)CNC(=O)c4cccc(C(F)(F)F)c4)C3)CC2)cc1. The highest BCUT2D eigenvalue weighted by Crippen LogP contribution is 2.39. The molecule has 7 nitrogen and oxygen atoms in total. The van der Waals surface area contributed by atoms with Crippen LogP contribution in [-0.4, -0.2) is 60.6 Å². The molecule has 3 N–H and O–H groups in total. The lowest BCUT2D eigenvalue weighted by molar-refractivity contribution is -0.137. The molecule has 1 heterocycles. The number of nitrogens with zero attached hydrogens (tertiary/aromatic N) is 1. The van der Waals surface area contributed by atoms with E-state index >= 15 is 0 Å². The zero-order valence-corrected chi connectivity index (χ0v) is 21.4. The van der Waals surface area contributed by atoms with E-state index in [1.165, 1.54) is 6.07 Å². The van der Waals surface area contributed by atoms with Gasteiger partial charge in [-0.3, -0.25) is 14.5 Å². The second-order valence-corrected chi connectivity index (χ2v) is 10.2. The monoisotopic (exact) mass is 533 g/mol. The summed E-state index contributed by atoms with van der Waals surface area (Å²) in [5.41, 5.74) is 0.0841. The van der Waals surface area contributed by atoms with Crippen molar-refractivity contribution in [2.75, 3.05) is 26.7 Å². The Kier molecular flexibility index (Phi) is 8.74. The molecule has 1 saturated heterocycles. The average molecular weight is 534 g/mol. The number of hydrogen-bond donors (Lipinski definition) is 3. The van der Waals surface area contributed by atoms with Gasteiger partial charge in [-0.15, -0.1) is 0 Å². The number of halogens is 3. The molecule has 2 amide bonds. The van der Waals surface area contributed by atoms with E-state index < -0.39 is 23.2 Å². The molecule has 1 atom stereocenters. The minimum Gasteiger partial charge on any atom is -0.385 e. The van der Waals surface area contributed by atoms with Crippen LogP contribution in [0.4, 0.5) is 13.2 Å². The Bertz CT molecular complexity index is 1120. The molecule has 1 aliphatic heterocycles. The first kappa shape index (κ1) is 28.1. The highest BCUT2D eigenvalue weighted by atomic mass is 19.4. The van der Waals surface area contributed by atoms with Gasteiger partial charge in [-0.2, -0.15) is 13.2 Å². The van der Waals surface area contributed by atoms with Crippen LogP contribution in [0, 0.1) is 0 Å². The lowest BCUT2D eigenvalue weighted by Gasteiger charge is -2.40. The molecule has 2 aromatic rings. The fraction of sp³-hybridized carbons (Fsp3) is 0.500. The van der Waals surface area contributed by atoms with E-state index in [0.717, 1.165) is 55.1 Å². The Morgan fingerprint density at radius 3 is 2.47 bits per heavy atom. The molecular formula is C28H34F3N3O4. The third-order valence-electron chi connectivity index (χ3n) is 7.55. The second-order valence-electron chi connectivity index (χ2n) is 10.2. The quantitative estimate of drug-likeness (QED) is 0.483. The molecule has 10 heteroatoms. The third kappa shape index (κ3) is 6.92. The van der Waals surface area contributed by atoms with Crippen LogP contribution in [-0.2, 0) is 27.9 Å². The third-order valence-corrected chi connectivity index (χ3v) is 7.55. The Hall–Kier alpha value is -2.95. The van der Waals surface area contributed by atoms with Crippen LogP contribution in [0.15, 0.2) is 48.5 Å². The molecule has 0 aromatic heterocycles. The first-order valence-electron chi connectivity index (χ1n) is 12.9. The van der Waals surface area contributed by atoms with Crippen LogP contribution in [0.2, 0.25) is 0 Å². The van der Waals surface area contributed by atoms with Gasteiger partial charge in [0.2, 0.25) is 5.91 Å². The number of hydrogen-bond acceptors (Lipinski definition) is 5. The molecule has 1 aliphatic carbocycles. The summed E-state index contributed by atoms with van der Waals surface area (Å²) in [6, 6.07) is 12.3. The summed E-state index contributed by atoms with van der Waals surface area (Å²) in [6.45, 7) is 1.74. The molecule has 0 bridgehead atoms. The van der Waals surface area contributed by atoms with Crippen molar-refractivity contribution in [3.05, 3.63) is 70.8 Å². The number of aliphatic hydroxyl groups is 1. The van der Waals surface area contributed by atoms with Gasteiger partial charge >= 0.3 is 6.18 Å². The smallest absolute Gasteiger partial charge is 0.385 e. The minimum atomic E-state index is -4.55. The van der Waals surface area contributed by atoms with Gasteiger partial charge in [0.25, 0.3) is 5.91 Å². The summed E-state index contributed by atoms with van der Waals surface area (Å²) >= 11 is 0. The molecule has 206 valence electrons. The van der Waals surface area contributed by atoms with Crippen molar-refractivity contribution in [3.8, 4) is 0 Å². The molecular weight excluding hydrogens is 499 g/mol. The topological polar surface area (TPSA) is 90.9 Å². The Morgan fingerprint density at radius 2 is 1.82 bits per heavy atom. The maximum atomic E-state index is 12.9. The van der Waals surface area contributed by atoms with Crippen molar-refractivity contribution in [2.45, 2.75) is 62.6 Å². The van der Waals surface area contributed by atoms with Crippen molar-refractivity contribution in [2.24, 2.45) is 0 Å². The number of benzene rings is 2. The lowest BCUT2D eigenvalue weighted by Crippen LogP contribution is -2.45. The summed E-state index contributed by atoms with van der Waals surface area (Å²) in [6.07, 6.45) is -0.745.